The number of benzene rings is 1. The molecule has 2 rings (SSSR count). The number of nitro benzene ring substituents is 1. The molecule has 0 aliphatic rings. The summed E-state index contributed by atoms with van der Waals surface area (Å²) in [5, 5.41) is 16.0. The van der Waals surface area contributed by atoms with Crippen LogP contribution in [0.5, 0.6) is 0 Å². The second-order valence-corrected chi connectivity index (χ2v) is 6.24. The molecule has 0 bridgehead atoms. The van der Waals surface area contributed by atoms with E-state index in [0.717, 1.165) is 28.6 Å². The molecule has 106 valence electrons. The molecule has 0 saturated carbocycles. The Balaban J connectivity index is 2.11. The normalized spacial score (nSPS) is 10.4. The highest BCUT2D eigenvalue weighted by Gasteiger charge is 2.13. The summed E-state index contributed by atoms with van der Waals surface area (Å²) < 4.78 is 1.01. The third-order valence-corrected chi connectivity index (χ3v) is 4.63. The van der Waals surface area contributed by atoms with Crippen molar-refractivity contribution in [2.75, 3.05) is 11.9 Å². The first-order chi connectivity index (χ1) is 9.70. The molecule has 5 nitrogen and oxygen atoms in total. The molecule has 20 heavy (non-hydrogen) atoms. The third kappa shape index (κ3) is 3.94. The second kappa shape index (κ2) is 7.25. The fraction of sp³-hybridized carbons (Fsp3) is 0.308. The van der Waals surface area contributed by atoms with Crippen LogP contribution in [0.3, 0.4) is 0 Å². The van der Waals surface area contributed by atoms with Crippen molar-refractivity contribution < 1.29 is 4.92 Å². The number of thioether (sulfide) groups is 1. The minimum absolute atomic E-state index is 0.126. The summed E-state index contributed by atoms with van der Waals surface area (Å²) in [4.78, 5) is 14.8. The van der Waals surface area contributed by atoms with E-state index in [2.05, 4.69) is 10.3 Å². The maximum absolute atomic E-state index is 11.0. The standard InChI is InChI=1S/C13H15N3O2S2/c1-2-5-14-11-8-10(3-4-12(11)16(17)18)9-20-13-15-6-7-19-13/h3-4,6-8,14H,2,5,9H2,1H3. The average molecular weight is 309 g/mol. The van der Waals surface area contributed by atoms with Gasteiger partial charge >= 0.3 is 0 Å². The monoisotopic (exact) mass is 309 g/mol. The van der Waals surface area contributed by atoms with Gasteiger partial charge in [0.2, 0.25) is 0 Å². The van der Waals surface area contributed by atoms with Gasteiger partial charge in [-0.05, 0) is 18.1 Å². The van der Waals surface area contributed by atoms with Gasteiger partial charge in [-0.2, -0.15) is 0 Å². The van der Waals surface area contributed by atoms with Gasteiger partial charge in [0, 0.05) is 29.9 Å². The van der Waals surface area contributed by atoms with E-state index in [0.29, 0.717) is 5.69 Å². The van der Waals surface area contributed by atoms with Crippen molar-refractivity contribution in [3.05, 3.63) is 45.5 Å². The Morgan fingerprint density at radius 3 is 3.00 bits per heavy atom. The van der Waals surface area contributed by atoms with Crippen molar-refractivity contribution >= 4 is 34.5 Å². The van der Waals surface area contributed by atoms with Crippen LogP contribution in [0, 0.1) is 10.1 Å². The molecule has 7 heteroatoms. The Labute approximate surface area is 125 Å². The van der Waals surface area contributed by atoms with Crippen LogP contribution in [-0.2, 0) is 5.75 Å². The van der Waals surface area contributed by atoms with Crippen LogP contribution in [0.1, 0.15) is 18.9 Å². The maximum atomic E-state index is 11.0. The lowest BCUT2D eigenvalue weighted by Gasteiger charge is -2.08. The predicted octanol–water partition coefficient (Wildman–Crippen LogP) is 4.17. The number of nitro groups is 1. The van der Waals surface area contributed by atoms with Crippen LogP contribution in [0.15, 0.2) is 34.1 Å². The summed E-state index contributed by atoms with van der Waals surface area (Å²) in [6, 6.07) is 5.22. The highest BCUT2D eigenvalue weighted by Crippen LogP contribution is 2.29. The number of anilines is 1. The van der Waals surface area contributed by atoms with Gasteiger partial charge < -0.3 is 5.32 Å². The summed E-state index contributed by atoms with van der Waals surface area (Å²) in [5.41, 5.74) is 1.77. The summed E-state index contributed by atoms with van der Waals surface area (Å²) >= 11 is 3.23. The van der Waals surface area contributed by atoms with Crippen molar-refractivity contribution in [2.24, 2.45) is 0 Å². The van der Waals surface area contributed by atoms with Gasteiger partial charge in [-0.15, -0.1) is 11.3 Å². The number of nitrogens with one attached hydrogen (secondary N) is 1. The van der Waals surface area contributed by atoms with Crippen molar-refractivity contribution in [3.63, 3.8) is 0 Å². The van der Waals surface area contributed by atoms with Gasteiger partial charge in [-0.1, -0.05) is 24.8 Å². The Kier molecular flexibility index (Phi) is 5.37. The maximum Gasteiger partial charge on any atom is 0.292 e. The highest BCUT2D eigenvalue weighted by molar-refractivity contribution is 8.00. The predicted molar refractivity (Wildman–Crippen MR) is 83.6 cm³/mol. The Bertz CT molecular complexity index is 573. The molecular weight excluding hydrogens is 294 g/mol. The van der Waals surface area contributed by atoms with Gasteiger partial charge in [0.05, 0.1) is 4.92 Å². The topological polar surface area (TPSA) is 68.1 Å². The molecule has 0 aliphatic heterocycles. The summed E-state index contributed by atoms with van der Waals surface area (Å²) in [5.74, 6) is 0.756. The van der Waals surface area contributed by atoms with Crippen molar-refractivity contribution in [1.82, 2.24) is 4.98 Å². The average Bonchev–Trinajstić information content (AvgIpc) is 2.96. The lowest BCUT2D eigenvalue weighted by atomic mass is 10.2. The van der Waals surface area contributed by atoms with Gasteiger partial charge in [-0.3, -0.25) is 10.1 Å². The molecule has 1 heterocycles. The van der Waals surface area contributed by atoms with Crippen LogP contribution in [0.4, 0.5) is 11.4 Å². The molecule has 0 fully saturated rings. The largest absolute Gasteiger partial charge is 0.379 e. The van der Waals surface area contributed by atoms with Gasteiger partial charge in [-0.25, -0.2) is 4.98 Å². The van der Waals surface area contributed by atoms with E-state index in [9.17, 15) is 10.1 Å². The summed E-state index contributed by atoms with van der Waals surface area (Å²) in [7, 11) is 0. The molecule has 0 radical (unpaired) electrons. The summed E-state index contributed by atoms with van der Waals surface area (Å²) in [6.07, 6.45) is 2.70. The summed E-state index contributed by atoms with van der Waals surface area (Å²) in [6.45, 7) is 2.75. The van der Waals surface area contributed by atoms with Crippen molar-refractivity contribution in [2.45, 2.75) is 23.4 Å². The van der Waals surface area contributed by atoms with Crippen LogP contribution < -0.4 is 5.32 Å². The quantitative estimate of drug-likeness (QED) is 0.472. The Morgan fingerprint density at radius 2 is 2.35 bits per heavy atom. The van der Waals surface area contributed by atoms with Crippen molar-refractivity contribution in [3.8, 4) is 0 Å². The highest BCUT2D eigenvalue weighted by atomic mass is 32.2. The van der Waals surface area contributed by atoms with Crippen molar-refractivity contribution in [1.29, 1.82) is 0 Å². The molecule has 1 N–H and O–H groups in total. The van der Waals surface area contributed by atoms with E-state index in [1.54, 1.807) is 41.4 Å². The molecule has 0 unspecified atom stereocenters. The zero-order valence-corrected chi connectivity index (χ0v) is 12.7. The van der Waals surface area contributed by atoms with E-state index in [1.165, 1.54) is 0 Å². The molecule has 1 aromatic heterocycles. The first-order valence-electron chi connectivity index (χ1n) is 6.24. The molecular formula is C13H15N3O2S2. The fourth-order valence-electron chi connectivity index (χ4n) is 1.66. The first-order valence-corrected chi connectivity index (χ1v) is 8.10. The number of nitrogens with zero attached hydrogens (tertiary/aromatic N) is 2. The number of thiazole rings is 1. The minimum atomic E-state index is -0.351. The van der Waals surface area contributed by atoms with E-state index >= 15 is 0 Å². The molecule has 2 aromatic rings. The van der Waals surface area contributed by atoms with E-state index in [1.807, 2.05) is 18.4 Å². The SMILES string of the molecule is CCCNc1cc(CSc2nccs2)ccc1[N+](=O)[O-]. The van der Waals surface area contributed by atoms with E-state index in [4.69, 9.17) is 0 Å². The van der Waals surface area contributed by atoms with Crippen LogP contribution in [-0.4, -0.2) is 16.5 Å². The lowest BCUT2D eigenvalue weighted by Crippen LogP contribution is -2.03. The van der Waals surface area contributed by atoms with Gasteiger partial charge in [0.1, 0.15) is 10.0 Å². The second-order valence-electron chi connectivity index (χ2n) is 4.12. The molecule has 0 saturated heterocycles. The Hall–Kier alpha value is -1.60. The Morgan fingerprint density at radius 1 is 1.50 bits per heavy atom. The van der Waals surface area contributed by atoms with Gasteiger partial charge in [0.15, 0.2) is 0 Å². The van der Waals surface area contributed by atoms with Crippen LogP contribution in [0.2, 0.25) is 0 Å². The first kappa shape index (κ1) is 14.8. The molecule has 1 aromatic carbocycles. The lowest BCUT2D eigenvalue weighted by molar-refractivity contribution is -0.384. The fourth-order valence-corrected chi connectivity index (χ4v) is 3.24. The number of rotatable bonds is 7. The van der Waals surface area contributed by atoms with Gasteiger partial charge in [0.25, 0.3) is 5.69 Å². The third-order valence-electron chi connectivity index (χ3n) is 2.60. The number of hydrogen-bond donors (Lipinski definition) is 1. The molecule has 0 aliphatic carbocycles. The zero-order chi connectivity index (χ0) is 14.4. The van der Waals surface area contributed by atoms with Crippen LogP contribution >= 0.6 is 23.1 Å². The molecule has 0 amide bonds. The van der Waals surface area contributed by atoms with E-state index in [-0.39, 0.29) is 10.6 Å². The minimum Gasteiger partial charge on any atom is -0.379 e. The molecule has 0 spiro atoms. The molecule has 0 atom stereocenters. The van der Waals surface area contributed by atoms with Crippen LogP contribution in [0.25, 0.3) is 0 Å². The smallest absolute Gasteiger partial charge is 0.292 e. The number of hydrogen-bond acceptors (Lipinski definition) is 6. The number of aromatic nitrogens is 1. The van der Waals surface area contributed by atoms with E-state index < -0.39 is 0 Å². The zero-order valence-electron chi connectivity index (χ0n) is 11.0.